The summed E-state index contributed by atoms with van der Waals surface area (Å²) in [7, 11) is 0. The van der Waals surface area contributed by atoms with Crippen LogP contribution in [0, 0.1) is 0 Å². The molecule has 0 aliphatic carbocycles. The Bertz CT molecular complexity index is 415. The molecule has 78 valence electrons. The molecular formula is C10H11N3O2. The summed E-state index contributed by atoms with van der Waals surface area (Å²) < 4.78 is 0. The van der Waals surface area contributed by atoms with E-state index in [-0.39, 0.29) is 12.6 Å². The highest BCUT2D eigenvalue weighted by atomic mass is 16.3. The summed E-state index contributed by atoms with van der Waals surface area (Å²) in [4.78, 5) is 15.5. The number of nitrogens with one attached hydrogen (secondary N) is 2. The lowest BCUT2D eigenvalue weighted by molar-refractivity contribution is -0.118. The van der Waals surface area contributed by atoms with Gasteiger partial charge in [-0.2, -0.15) is 0 Å². The molecular weight excluding hydrogens is 194 g/mol. The van der Waals surface area contributed by atoms with Crippen molar-refractivity contribution in [2.45, 2.75) is 0 Å². The van der Waals surface area contributed by atoms with E-state index in [0.29, 0.717) is 12.1 Å². The second-order valence-corrected chi connectivity index (χ2v) is 3.12. The minimum absolute atomic E-state index is 0.277. The summed E-state index contributed by atoms with van der Waals surface area (Å²) in [6, 6.07) is 3.73. The van der Waals surface area contributed by atoms with Crippen LogP contribution in [-0.4, -0.2) is 29.3 Å². The third kappa shape index (κ3) is 1.97. The minimum Gasteiger partial charge on any atom is -0.379 e. The molecule has 0 fully saturated rings. The van der Waals surface area contributed by atoms with Crippen LogP contribution in [0.1, 0.15) is 5.69 Å². The number of amides is 1. The maximum absolute atomic E-state index is 11.4. The van der Waals surface area contributed by atoms with Crippen molar-refractivity contribution >= 4 is 17.7 Å². The number of fused-ring (bicyclic) bond motifs is 1. The number of hydrogen-bond acceptors (Lipinski definition) is 4. The van der Waals surface area contributed by atoms with Crippen molar-refractivity contribution < 1.29 is 9.90 Å². The lowest BCUT2D eigenvalue weighted by Crippen LogP contribution is -2.29. The molecule has 0 saturated carbocycles. The van der Waals surface area contributed by atoms with E-state index >= 15 is 0 Å². The Labute approximate surface area is 86.8 Å². The fraction of sp³-hybridized carbons (Fsp3) is 0.200. The summed E-state index contributed by atoms with van der Waals surface area (Å²) in [5.74, 6) is -0.277. The van der Waals surface area contributed by atoms with Crippen LogP contribution in [0.3, 0.4) is 0 Å². The van der Waals surface area contributed by atoms with Crippen LogP contribution in [0.2, 0.25) is 0 Å². The van der Waals surface area contributed by atoms with Crippen LogP contribution < -0.4 is 10.6 Å². The summed E-state index contributed by atoms with van der Waals surface area (Å²) in [5.41, 5.74) is 2.22. The van der Waals surface area contributed by atoms with Crippen LogP contribution in [0.15, 0.2) is 23.9 Å². The Hall–Kier alpha value is -1.88. The molecule has 5 nitrogen and oxygen atoms in total. The molecule has 1 aromatic rings. The molecule has 0 spiro atoms. The monoisotopic (exact) mass is 205 g/mol. The molecule has 0 radical (unpaired) electrons. The van der Waals surface area contributed by atoms with Crippen LogP contribution in [-0.2, 0) is 4.79 Å². The van der Waals surface area contributed by atoms with Gasteiger partial charge in [0, 0.05) is 18.3 Å². The third-order valence-electron chi connectivity index (χ3n) is 2.15. The van der Waals surface area contributed by atoms with Crippen LogP contribution in [0.25, 0.3) is 6.08 Å². The zero-order valence-electron chi connectivity index (χ0n) is 8.03. The van der Waals surface area contributed by atoms with Gasteiger partial charge in [-0.15, -0.1) is 0 Å². The van der Waals surface area contributed by atoms with E-state index in [2.05, 4.69) is 15.6 Å². The number of aromatic nitrogens is 1. The van der Waals surface area contributed by atoms with Crippen LogP contribution >= 0.6 is 0 Å². The summed E-state index contributed by atoms with van der Waals surface area (Å²) >= 11 is 0. The Kier molecular flexibility index (Phi) is 2.64. The van der Waals surface area contributed by atoms with E-state index in [9.17, 15) is 4.79 Å². The number of pyridine rings is 1. The summed E-state index contributed by atoms with van der Waals surface area (Å²) in [6.45, 7) is 0.0930. The van der Waals surface area contributed by atoms with Crippen LogP contribution in [0.4, 0.5) is 5.69 Å². The first-order valence-electron chi connectivity index (χ1n) is 4.60. The van der Waals surface area contributed by atoms with Gasteiger partial charge in [-0.3, -0.25) is 9.78 Å². The van der Waals surface area contributed by atoms with Crippen molar-refractivity contribution in [3.8, 4) is 0 Å². The fourth-order valence-corrected chi connectivity index (χ4v) is 1.42. The van der Waals surface area contributed by atoms with E-state index in [4.69, 9.17) is 5.11 Å². The predicted octanol–water partition coefficient (Wildman–Crippen LogP) is -0.0435. The second kappa shape index (κ2) is 4.10. The quantitative estimate of drug-likeness (QED) is 0.592. The first kappa shape index (κ1) is 9.67. The maximum Gasteiger partial charge on any atom is 0.250 e. The average Bonchev–Trinajstić information content (AvgIpc) is 2.29. The molecule has 1 aliphatic heterocycles. The zero-order valence-corrected chi connectivity index (χ0v) is 8.03. The molecule has 1 aliphatic rings. The standard InChI is InChI=1S/C10H11N3O2/c14-6-13-10(15)7-4-9-8(12-5-7)2-1-3-11-9/h1-4,12,14H,5-6H2,(H,13,15). The van der Waals surface area contributed by atoms with Crippen LogP contribution in [0.5, 0.6) is 0 Å². The third-order valence-corrected chi connectivity index (χ3v) is 2.15. The predicted molar refractivity (Wildman–Crippen MR) is 55.9 cm³/mol. The summed E-state index contributed by atoms with van der Waals surface area (Å²) in [5, 5.41) is 14.0. The molecule has 0 atom stereocenters. The summed E-state index contributed by atoms with van der Waals surface area (Å²) in [6.07, 6.45) is 3.39. The molecule has 5 heteroatoms. The van der Waals surface area contributed by atoms with Gasteiger partial charge in [-0.05, 0) is 18.2 Å². The van der Waals surface area contributed by atoms with Gasteiger partial charge in [-0.1, -0.05) is 0 Å². The highest BCUT2D eigenvalue weighted by Crippen LogP contribution is 2.20. The first-order chi connectivity index (χ1) is 7.31. The molecule has 0 aromatic carbocycles. The second-order valence-electron chi connectivity index (χ2n) is 3.12. The Morgan fingerprint density at radius 3 is 3.33 bits per heavy atom. The van der Waals surface area contributed by atoms with Crippen molar-refractivity contribution in [2.75, 3.05) is 18.6 Å². The lowest BCUT2D eigenvalue weighted by atomic mass is 10.1. The number of aliphatic hydroxyl groups is 1. The number of carbonyl (C=O) groups is 1. The highest BCUT2D eigenvalue weighted by molar-refractivity contribution is 6.00. The Morgan fingerprint density at radius 1 is 1.67 bits per heavy atom. The Balaban J connectivity index is 2.25. The van der Waals surface area contributed by atoms with Crippen molar-refractivity contribution in [1.29, 1.82) is 0 Å². The van der Waals surface area contributed by atoms with E-state index in [1.807, 2.05) is 12.1 Å². The van der Waals surface area contributed by atoms with Crippen molar-refractivity contribution in [2.24, 2.45) is 0 Å². The number of anilines is 1. The van der Waals surface area contributed by atoms with Gasteiger partial charge >= 0.3 is 0 Å². The Morgan fingerprint density at radius 2 is 2.53 bits per heavy atom. The van der Waals surface area contributed by atoms with Gasteiger partial charge in [0.1, 0.15) is 6.73 Å². The van der Waals surface area contributed by atoms with Crippen molar-refractivity contribution in [3.63, 3.8) is 0 Å². The van der Waals surface area contributed by atoms with Gasteiger partial charge in [0.25, 0.3) is 5.91 Å². The first-order valence-corrected chi connectivity index (χ1v) is 4.60. The molecule has 1 amide bonds. The average molecular weight is 205 g/mol. The smallest absolute Gasteiger partial charge is 0.250 e. The molecule has 0 bridgehead atoms. The molecule has 15 heavy (non-hydrogen) atoms. The van der Waals surface area contributed by atoms with Gasteiger partial charge in [0.2, 0.25) is 0 Å². The number of hydrogen-bond donors (Lipinski definition) is 3. The normalized spacial score (nSPS) is 13.5. The zero-order chi connectivity index (χ0) is 10.7. The van der Waals surface area contributed by atoms with Crippen molar-refractivity contribution in [3.05, 3.63) is 29.6 Å². The van der Waals surface area contributed by atoms with Gasteiger partial charge in [0.15, 0.2) is 0 Å². The van der Waals surface area contributed by atoms with E-state index in [1.165, 1.54) is 0 Å². The largest absolute Gasteiger partial charge is 0.379 e. The number of carbonyl (C=O) groups excluding carboxylic acids is 1. The molecule has 3 N–H and O–H groups in total. The minimum atomic E-state index is -0.356. The molecule has 2 rings (SSSR count). The molecule has 1 aromatic heterocycles. The highest BCUT2D eigenvalue weighted by Gasteiger charge is 2.15. The number of nitrogens with zero attached hydrogens (tertiary/aromatic N) is 1. The van der Waals surface area contributed by atoms with Gasteiger partial charge < -0.3 is 15.7 Å². The molecule has 2 heterocycles. The fourth-order valence-electron chi connectivity index (χ4n) is 1.42. The molecule has 0 saturated heterocycles. The van der Waals surface area contributed by atoms with E-state index < -0.39 is 0 Å². The van der Waals surface area contributed by atoms with E-state index in [1.54, 1.807) is 12.3 Å². The number of aliphatic hydroxyl groups excluding tert-OH is 1. The number of rotatable bonds is 2. The maximum atomic E-state index is 11.4. The SMILES string of the molecule is O=C(NCO)C1=Cc2ncccc2NC1. The molecule has 0 unspecified atom stereocenters. The van der Waals surface area contributed by atoms with Gasteiger partial charge in [-0.25, -0.2) is 0 Å². The van der Waals surface area contributed by atoms with E-state index in [0.717, 1.165) is 11.4 Å². The van der Waals surface area contributed by atoms with Crippen molar-refractivity contribution in [1.82, 2.24) is 10.3 Å². The lowest BCUT2D eigenvalue weighted by Gasteiger charge is -2.16. The van der Waals surface area contributed by atoms with Gasteiger partial charge in [0.05, 0.1) is 11.4 Å². The topological polar surface area (TPSA) is 74.2 Å².